The molecular formula is C20H22FNO3S. The molecule has 0 amide bonds. The van der Waals surface area contributed by atoms with Gasteiger partial charge in [0, 0.05) is 13.1 Å². The highest BCUT2D eigenvalue weighted by Crippen LogP contribution is 2.28. The molecule has 1 saturated heterocycles. The van der Waals surface area contributed by atoms with Gasteiger partial charge in [-0.2, -0.15) is 4.31 Å². The minimum Gasteiger partial charge on any atom is -0.371 e. The zero-order valence-corrected chi connectivity index (χ0v) is 15.3. The number of sulfonamides is 1. The third-order valence-corrected chi connectivity index (χ3v) is 7.00. The summed E-state index contributed by atoms with van der Waals surface area (Å²) >= 11 is 0. The molecule has 2 aromatic carbocycles. The maximum Gasteiger partial charge on any atom is 0.243 e. The average Bonchev–Trinajstić information content (AvgIpc) is 2.61. The lowest BCUT2D eigenvalue weighted by Crippen LogP contribution is -2.54. The molecule has 4 nitrogen and oxygen atoms in total. The van der Waals surface area contributed by atoms with Crippen molar-refractivity contribution in [1.29, 1.82) is 0 Å². The van der Waals surface area contributed by atoms with Crippen molar-refractivity contribution in [2.45, 2.75) is 43.3 Å². The van der Waals surface area contributed by atoms with Gasteiger partial charge in [0.15, 0.2) is 0 Å². The monoisotopic (exact) mass is 375 g/mol. The fourth-order valence-corrected chi connectivity index (χ4v) is 5.07. The number of halogens is 1. The number of hydrogen-bond acceptors (Lipinski definition) is 3. The number of benzene rings is 2. The van der Waals surface area contributed by atoms with Crippen molar-refractivity contribution in [3.63, 3.8) is 0 Å². The smallest absolute Gasteiger partial charge is 0.243 e. The largest absolute Gasteiger partial charge is 0.371 e. The lowest BCUT2D eigenvalue weighted by atomic mass is 9.92. The number of fused-ring (bicyclic) bond motifs is 1. The minimum absolute atomic E-state index is 0.118. The summed E-state index contributed by atoms with van der Waals surface area (Å²) in [6, 6.07) is 11.7. The normalized spacial score (nSPS) is 18.3. The highest BCUT2D eigenvalue weighted by atomic mass is 32.2. The van der Waals surface area contributed by atoms with Crippen LogP contribution in [0, 0.1) is 5.82 Å². The van der Waals surface area contributed by atoms with E-state index in [0.29, 0.717) is 24.6 Å². The van der Waals surface area contributed by atoms with E-state index in [4.69, 9.17) is 4.74 Å². The van der Waals surface area contributed by atoms with Crippen LogP contribution in [0.3, 0.4) is 0 Å². The Morgan fingerprint density at radius 1 is 1.00 bits per heavy atom. The van der Waals surface area contributed by atoms with Gasteiger partial charge < -0.3 is 4.74 Å². The van der Waals surface area contributed by atoms with E-state index in [1.165, 1.54) is 34.0 Å². The van der Waals surface area contributed by atoms with Crippen LogP contribution in [-0.2, 0) is 34.2 Å². The van der Waals surface area contributed by atoms with Crippen LogP contribution in [0.15, 0.2) is 47.4 Å². The molecule has 1 fully saturated rings. The van der Waals surface area contributed by atoms with E-state index in [-0.39, 0.29) is 11.9 Å². The molecule has 0 aromatic heterocycles. The van der Waals surface area contributed by atoms with Gasteiger partial charge in [0.2, 0.25) is 10.0 Å². The number of nitrogens with zero attached hydrogens (tertiary/aromatic N) is 1. The maximum absolute atomic E-state index is 12.9. The van der Waals surface area contributed by atoms with Crippen molar-refractivity contribution in [1.82, 2.24) is 4.31 Å². The lowest BCUT2D eigenvalue weighted by Gasteiger charge is -2.37. The molecule has 0 radical (unpaired) electrons. The fraction of sp³-hybridized carbons (Fsp3) is 0.400. The molecule has 4 rings (SSSR count). The van der Waals surface area contributed by atoms with Crippen LogP contribution in [0.25, 0.3) is 0 Å². The Bertz CT molecular complexity index is 890. The van der Waals surface area contributed by atoms with Crippen LogP contribution in [0.5, 0.6) is 0 Å². The Morgan fingerprint density at radius 3 is 2.42 bits per heavy atom. The van der Waals surface area contributed by atoms with Crippen molar-refractivity contribution in [3.05, 3.63) is 65.0 Å². The number of hydrogen-bond donors (Lipinski definition) is 0. The second-order valence-corrected chi connectivity index (χ2v) is 8.96. The summed E-state index contributed by atoms with van der Waals surface area (Å²) in [5, 5.41) is 0. The van der Waals surface area contributed by atoms with Crippen molar-refractivity contribution in [2.24, 2.45) is 0 Å². The van der Waals surface area contributed by atoms with Gasteiger partial charge in [-0.15, -0.1) is 0 Å². The van der Waals surface area contributed by atoms with E-state index in [9.17, 15) is 12.8 Å². The number of aryl methyl sites for hydroxylation is 2. The average molecular weight is 375 g/mol. The van der Waals surface area contributed by atoms with Crippen LogP contribution in [0.2, 0.25) is 0 Å². The second-order valence-electron chi connectivity index (χ2n) is 7.02. The van der Waals surface area contributed by atoms with Gasteiger partial charge in [0.1, 0.15) is 5.82 Å². The molecular weight excluding hydrogens is 353 g/mol. The molecule has 0 N–H and O–H groups in total. The van der Waals surface area contributed by atoms with Crippen LogP contribution in [-0.4, -0.2) is 31.9 Å². The number of rotatable bonds is 5. The molecule has 1 aliphatic carbocycles. The van der Waals surface area contributed by atoms with Crippen LogP contribution in [0.1, 0.15) is 29.5 Å². The highest BCUT2D eigenvalue weighted by molar-refractivity contribution is 7.89. The predicted molar refractivity (Wildman–Crippen MR) is 96.8 cm³/mol. The van der Waals surface area contributed by atoms with Crippen molar-refractivity contribution < 1.29 is 17.5 Å². The summed E-state index contributed by atoms with van der Waals surface area (Å²) in [6.07, 6.45) is 4.19. The number of ether oxygens (including phenoxy) is 1. The summed E-state index contributed by atoms with van der Waals surface area (Å²) in [6.45, 7) is 1.08. The first-order chi connectivity index (χ1) is 12.5. The second kappa shape index (κ2) is 7.10. The zero-order valence-electron chi connectivity index (χ0n) is 14.5. The topological polar surface area (TPSA) is 46.6 Å². The Kier molecular flexibility index (Phi) is 4.82. The quantitative estimate of drug-likeness (QED) is 0.806. The van der Waals surface area contributed by atoms with E-state index in [1.807, 2.05) is 12.1 Å². The van der Waals surface area contributed by atoms with E-state index in [2.05, 4.69) is 0 Å². The van der Waals surface area contributed by atoms with E-state index in [1.54, 1.807) is 18.2 Å². The molecule has 1 aliphatic heterocycles. The molecule has 0 unspecified atom stereocenters. The molecule has 0 atom stereocenters. The zero-order chi connectivity index (χ0) is 18.1. The maximum atomic E-state index is 12.9. The van der Waals surface area contributed by atoms with Crippen molar-refractivity contribution in [3.8, 4) is 0 Å². The third kappa shape index (κ3) is 3.54. The SMILES string of the molecule is O=S(=O)(c1ccc2c(c1)CCCC2)N1CC(OCc2ccc(F)cc2)C1. The summed E-state index contributed by atoms with van der Waals surface area (Å²) in [7, 11) is -3.45. The lowest BCUT2D eigenvalue weighted by molar-refractivity contribution is -0.0295. The van der Waals surface area contributed by atoms with E-state index >= 15 is 0 Å². The van der Waals surface area contributed by atoms with Crippen molar-refractivity contribution in [2.75, 3.05) is 13.1 Å². The Labute approximate surface area is 153 Å². The molecule has 1 heterocycles. The Balaban J connectivity index is 1.36. The van der Waals surface area contributed by atoms with Crippen LogP contribution >= 0.6 is 0 Å². The molecule has 2 aromatic rings. The highest BCUT2D eigenvalue weighted by Gasteiger charge is 2.37. The molecule has 2 aliphatic rings. The van der Waals surface area contributed by atoms with E-state index < -0.39 is 10.0 Å². The first kappa shape index (κ1) is 17.6. The minimum atomic E-state index is -3.45. The van der Waals surface area contributed by atoms with Gasteiger partial charge in [0.05, 0.1) is 17.6 Å². The van der Waals surface area contributed by atoms with Crippen LogP contribution in [0.4, 0.5) is 4.39 Å². The Morgan fingerprint density at radius 2 is 1.69 bits per heavy atom. The predicted octanol–water partition coefficient (Wildman–Crippen LogP) is 3.29. The van der Waals surface area contributed by atoms with Gasteiger partial charge >= 0.3 is 0 Å². The standard InChI is InChI=1S/C20H22FNO3S/c21-18-8-5-15(6-9-18)14-25-19-12-22(13-19)26(23,24)20-10-7-16-3-1-2-4-17(16)11-20/h5-11,19H,1-4,12-14H2. The summed E-state index contributed by atoms with van der Waals surface area (Å²) in [5.41, 5.74) is 3.32. The molecule has 0 saturated carbocycles. The van der Waals surface area contributed by atoms with Crippen molar-refractivity contribution >= 4 is 10.0 Å². The molecule has 138 valence electrons. The van der Waals surface area contributed by atoms with Gasteiger partial charge in [-0.05, 0) is 66.6 Å². The Hall–Kier alpha value is -1.76. The molecule has 26 heavy (non-hydrogen) atoms. The first-order valence-electron chi connectivity index (χ1n) is 9.00. The molecule has 0 bridgehead atoms. The van der Waals surface area contributed by atoms with Gasteiger partial charge in [0.25, 0.3) is 0 Å². The first-order valence-corrected chi connectivity index (χ1v) is 10.4. The van der Waals surface area contributed by atoms with Crippen LogP contribution < -0.4 is 0 Å². The summed E-state index contributed by atoms with van der Waals surface area (Å²) < 4.78 is 45.7. The summed E-state index contributed by atoms with van der Waals surface area (Å²) in [4.78, 5) is 0.384. The molecule has 0 spiro atoms. The van der Waals surface area contributed by atoms with Gasteiger partial charge in [-0.1, -0.05) is 18.2 Å². The molecule has 6 heteroatoms. The third-order valence-electron chi connectivity index (χ3n) is 5.17. The van der Waals surface area contributed by atoms with E-state index in [0.717, 1.165) is 24.8 Å². The van der Waals surface area contributed by atoms with Gasteiger partial charge in [-0.3, -0.25) is 0 Å². The summed E-state index contributed by atoms with van der Waals surface area (Å²) in [5.74, 6) is -0.278. The van der Waals surface area contributed by atoms with Gasteiger partial charge in [-0.25, -0.2) is 12.8 Å². The fourth-order valence-electron chi connectivity index (χ4n) is 3.52.